The van der Waals surface area contributed by atoms with Gasteiger partial charge in [-0.25, -0.2) is 9.78 Å². The molecular weight excluding hydrogens is 811 g/mol. The van der Waals surface area contributed by atoms with Gasteiger partial charge in [-0.15, -0.1) is 0 Å². The summed E-state index contributed by atoms with van der Waals surface area (Å²) in [7, 11) is 5.33. The van der Waals surface area contributed by atoms with Crippen molar-refractivity contribution in [2.45, 2.75) is 148 Å². The zero-order valence-electron chi connectivity index (χ0n) is 39.3. The van der Waals surface area contributed by atoms with Gasteiger partial charge in [-0.2, -0.15) is 0 Å². The number of aliphatic hydroxyl groups is 1. The first-order valence-corrected chi connectivity index (χ1v) is 22.5. The van der Waals surface area contributed by atoms with Gasteiger partial charge in [0.05, 0.1) is 41.9 Å². The van der Waals surface area contributed by atoms with E-state index < -0.39 is 89.7 Å². The SMILES string of the molecule is CC[C@H]1OC(=O)[C@H](C)[C@@H](OC(=O)Cc2ccccn2)[C@H](C)[C@@H](O[C@H]2O[C@@H](C)C[C@@H](N(C)CC)[C@@H]2O)[C@](C)(OC)C[C@@H](C)C(=O)[C@H](C)[C@H]2N(CCN(C)c3ccccn3)C(=O)O[C@]12C. The molecule has 0 aromatic carbocycles. The fourth-order valence-electron chi connectivity index (χ4n) is 10.0. The topological polar surface area (TPSA) is 179 Å². The number of carbonyl (C=O) groups is 4. The van der Waals surface area contributed by atoms with E-state index >= 15 is 0 Å². The van der Waals surface area contributed by atoms with Gasteiger partial charge in [0.15, 0.2) is 11.9 Å². The van der Waals surface area contributed by atoms with Gasteiger partial charge in [-0.05, 0) is 84.8 Å². The van der Waals surface area contributed by atoms with Crippen molar-refractivity contribution in [2.24, 2.45) is 23.7 Å². The third-order valence-corrected chi connectivity index (χ3v) is 13.8. The van der Waals surface area contributed by atoms with Gasteiger partial charge in [0.25, 0.3) is 0 Å². The lowest BCUT2D eigenvalue weighted by molar-refractivity contribution is -0.302. The molecule has 5 rings (SSSR count). The number of pyridine rings is 2. The summed E-state index contributed by atoms with van der Waals surface area (Å²) in [6.45, 7) is 17.6. The molecule has 0 radical (unpaired) electrons. The second-order valence-electron chi connectivity index (χ2n) is 18.3. The molecular formula is C47H71N5O11. The molecule has 16 heteroatoms. The molecule has 63 heavy (non-hydrogen) atoms. The van der Waals surface area contributed by atoms with Crippen LogP contribution in [0.25, 0.3) is 0 Å². The van der Waals surface area contributed by atoms with Gasteiger partial charge in [0.1, 0.15) is 29.9 Å². The molecule has 1 N–H and O–H groups in total. The first-order valence-electron chi connectivity index (χ1n) is 22.5. The fraction of sp³-hybridized carbons (Fsp3) is 0.702. The van der Waals surface area contributed by atoms with Crippen LogP contribution in [0.5, 0.6) is 0 Å². The van der Waals surface area contributed by atoms with E-state index in [0.29, 0.717) is 31.0 Å². The first kappa shape index (κ1) is 49.8. The van der Waals surface area contributed by atoms with Crippen LogP contribution in [0.2, 0.25) is 0 Å². The Morgan fingerprint density at radius 1 is 0.984 bits per heavy atom. The minimum atomic E-state index is -1.45. The highest BCUT2D eigenvalue weighted by Crippen LogP contribution is 2.44. The molecule has 5 heterocycles. The molecule has 0 saturated carbocycles. The van der Waals surface area contributed by atoms with Gasteiger partial charge in [0, 0.05) is 63.4 Å². The number of likely N-dealkylation sites (N-methyl/N-ethyl adjacent to an activating group) is 2. The number of carbonyl (C=O) groups excluding carboxylic acids is 4. The number of amides is 1. The van der Waals surface area contributed by atoms with E-state index in [-0.39, 0.29) is 43.7 Å². The molecule has 16 nitrogen and oxygen atoms in total. The van der Waals surface area contributed by atoms with Crippen molar-refractivity contribution in [3.8, 4) is 0 Å². The summed E-state index contributed by atoms with van der Waals surface area (Å²) in [6, 6.07) is 9.65. The highest BCUT2D eigenvalue weighted by Gasteiger charge is 2.60. The van der Waals surface area contributed by atoms with Crippen LogP contribution in [-0.4, -0.2) is 150 Å². The van der Waals surface area contributed by atoms with E-state index in [1.807, 2.05) is 76.7 Å². The number of Topliss-reactive ketones (excluding diaryl/α,β-unsaturated/α-hetero) is 1. The smallest absolute Gasteiger partial charge is 0.410 e. The van der Waals surface area contributed by atoms with Crippen LogP contribution < -0.4 is 4.90 Å². The summed E-state index contributed by atoms with van der Waals surface area (Å²) in [6.07, 6.45) is -2.32. The normalized spacial score (nSPS) is 35.7. The number of fused-ring (bicyclic) bond motifs is 1. The molecule has 0 aliphatic carbocycles. The van der Waals surface area contributed by atoms with E-state index in [9.17, 15) is 24.3 Å². The van der Waals surface area contributed by atoms with Gasteiger partial charge in [-0.1, -0.05) is 46.8 Å². The molecule has 0 unspecified atom stereocenters. The molecule has 2 aromatic rings. The summed E-state index contributed by atoms with van der Waals surface area (Å²) in [5.41, 5.74) is -2.28. The molecule has 3 aliphatic heterocycles. The van der Waals surface area contributed by atoms with Crippen LogP contribution in [0.3, 0.4) is 0 Å². The van der Waals surface area contributed by atoms with Crippen LogP contribution >= 0.6 is 0 Å². The number of methoxy groups -OCH3 is 1. The fourth-order valence-corrected chi connectivity index (χ4v) is 10.0. The summed E-state index contributed by atoms with van der Waals surface area (Å²) < 4.78 is 38.5. The Labute approximate surface area is 373 Å². The lowest BCUT2D eigenvalue weighted by atomic mass is 9.73. The maximum absolute atomic E-state index is 15.0. The molecule has 0 bridgehead atoms. The second kappa shape index (κ2) is 21.2. The Morgan fingerprint density at radius 3 is 2.27 bits per heavy atom. The highest BCUT2D eigenvalue weighted by atomic mass is 16.7. The van der Waals surface area contributed by atoms with Crippen molar-refractivity contribution in [2.75, 3.05) is 45.7 Å². The van der Waals surface area contributed by atoms with Gasteiger partial charge >= 0.3 is 18.0 Å². The molecule has 0 spiro atoms. The average molecular weight is 882 g/mol. The number of hydrogen-bond donors (Lipinski definition) is 1. The molecule has 3 saturated heterocycles. The van der Waals surface area contributed by atoms with Crippen molar-refractivity contribution < 1.29 is 52.7 Å². The number of ether oxygens (including phenoxy) is 6. The molecule has 14 atom stereocenters. The third kappa shape index (κ3) is 11.0. The second-order valence-corrected chi connectivity index (χ2v) is 18.3. The van der Waals surface area contributed by atoms with Gasteiger partial charge < -0.3 is 43.3 Å². The Balaban J connectivity index is 1.60. The van der Waals surface area contributed by atoms with E-state index in [2.05, 4.69) is 9.97 Å². The van der Waals surface area contributed by atoms with Crippen molar-refractivity contribution >= 4 is 29.6 Å². The highest BCUT2D eigenvalue weighted by molar-refractivity contribution is 5.85. The van der Waals surface area contributed by atoms with Crippen molar-refractivity contribution in [3.63, 3.8) is 0 Å². The number of rotatable bonds is 13. The lowest BCUT2D eigenvalue weighted by Crippen LogP contribution is -2.61. The van der Waals surface area contributed by atoms with E-state index in [1.165, 1.54) is 7.11 Å². The maximum atomic E-state index is 15.0. The number of hydrogen-bond acceptors (Lipinski definition) is 15. The Hall–Kier alpha value is -4.22. The molecule has 3 aliphatic rings. The Morgan fingerprint density at radius 2 is 1.67 bits per heavy atom. The maximum Gasteiger partial charge on any atom is 0.410 e. The standard InChI is InChI=1S/C47H71N5O11/c1-13-35-47(9)41(52(45(57)63-47)24-23-51(11)36-20-16-18-22-49-36)30(5)38(54)28(3)27-46(8,58-12)42(62-44-39(55)34(50(10)14-2)25-29(4)59-44)31(6)40(32(7)43(56)60-35)61-37(53)26-33-19-15-17-21-48-33/h15-22,28-32,34-35,39-42,44,55H,13-14,23-27H2,1-12H3/t28-,29+,30+,31+,32-,34-,35-,39+,40+,41-,42-,44-,46-,47-/m1/s1. The van der Waals surface area contributed by atoms with Crippen molar-refractivity contribution in [1.82, 2.24) is 19.8 Å². The van der Waals surface area contributed by atoms with Gasteiger partial charge in [-0.3, -0.25) is 24.3 Å². The van der Waals surface area contributed by atoms with E-state index in [0.717, 1.165) is 0 Å². The first-order chi connectivity index (χ1) is 29.8. The molecule has 350 valence electrons. The number of ketones is 1. The van der Waals surface area contributed by atoms with Crippen molar-refractivity contribution in [3.05, 3.63) is 54.5 Å². The third-order valence-electron chi connectivity index (χ3n) is 13.8. The monoisotopic (exact) mass is 882 g/mol. The van der Waals surface area contributed by atoms with Crippen molar-refractivity contribution in [1.29, 1.82) is 0 Å². The number of anilines is 1. The summed E-state index contributed by atoms with van der Waals surface area (Å²) in [5, 5.41) is 11.8. The number of esters is 2. The van der Waals surface area contributed by atoms with Gasteiger partial charge in [0.2, 0.25) is 0 Å². The van der Waals surface area contributed by atoms with Crippen LogP contribution in [0, 0.1) is 23.7 Å². The largest absolute Gasteiger partial charge is 0.461 e. The predicted molar refractivity (Wildman–Crippen MR) is 234 cm³/mol. The number of aromatic nitrogens is 2. The minimum Gasteiger partial charge on any atom is -0.461 e. The molecule has 1 amide bonds. The summed E-state index contributed by atoms with van der Waals surface area (Å²) >= 11 is 0. The number of aliphatic hydroxyl groups excluding tert-OH is 1. The van der Waals surface area contributed by atoms with Crippen LogP contribution in [0.4, 0.5) is 10.6 Å². The summed E-state index contributed by atoms with van der Waals surface area (Å²) in [4.78, 5) is 71.8. The number of nitrogens with zero attached hydrogens (tertiary/aromatic N) is 5. The molecule has 3 fully saturated rings. The Kier molecular flexibility index (Phi) is 16.7. The lowest BCUT2D eigenvalue weighted by Gasteiger charge is -2.48. The zero-order valence-corrected chi connectivity index (χ0v) is 39.3. The van der Waals surface area contributed by atoms with Crippen LogP contribution in [0.15, 0.2) is 48.8 Å². The van der Waals surface area contributed by atoms with Crippen LogP contribution in [-0.2, 0) is 49.2 Å². The van der Waals surface area contributed by atoms with Crippen LogP contribution in [0.1, 0.15) is 87.3 Å². The predicted octanol–water partition coefficient (Wildman–Crippen LogP) is 5.09. The quantitative estimate of drug-likeness (QED) is 0.208. The minimum absolute atomic E-state index is 0.115. The zero-order chi connectivity index (χ0) is 46.4. The van der Waals surface area contributed by atoms with E-state index in [4.69, 9.17) is 28.4 Å². The Bertz CT molecular complexity index is 1840. The summed E-state index contributed by atoms with van der Waals surface area (Å²) in [5.74, 6) is -4.18. The molecule has 2 aromatic heterocycles. The van der Waals surface area contributed by atoms with E-state index in [1.54, 1.807) is 63.2 Å². The average Bonchev–Trinajstić information content (AvgIpc) is 3.53. The number of cyclic esters (lactones) is 1.